The lowest BCUT2D eigenvalue weighted by Crippen LogP contribution is -1.97. The van der Waals surface area contributed by atoms with Gasteiger partial charge in [0.1, 0.15) is 0 Å². The van der Waals surface area contributed by atoms with E-state index in [9.17, 15) is 9.59 Å². The summed E-state index contributed by atoms with van der Waals surface area (Å²) in [5.41, 5.74) is 0. The van der Waals surface area contributed by atoms with Gasteiger partial charge in [0, 0.05) is 12.8 Å². The average molecular weight is 226 g/mol. The van der Waals surface area contributed by atoms with Gasteiger partial charge >= 0.3 is 11.9 Å². The second kappa shape index (κ2) is 15.3. The fourth-order valence-electron chi connectivity index (χ4n) is 0.552. The molecule has 0 aromatic heterocycles. The van der Waals surface area contributed by atoms with Gasteiger partial charge in [0.05, 0.1) is 13.2 Å². The highest BCUT2D eigenvalue weighted by atomic mass is 16.4. The zero-order valence-electron chi connectivity index (χ0n) is 8.35. The molecule has 0 spiro atoms. The van der Waals surface area contributed by atoms with Crippen molar-refractivity contribution >= 4 is 11.9 Å². The molecule has 0 amide bonds. The summed E-state index contributed by atoms with van der Waals surface area (Å²) in [4.78, 5) is 19.8. The molecule has 0 bridgehead atoms. The molecule has 7 heteroatoms. The van der Waals surface area contributed by atoms with Crippen LogP contribution in [0, 0.1) is 0 Å². The van der Waals surface area contributed by atoms with Crippen molar-refractivity contribution in [2.24, 2.45) is 0 Å². The summed E-state index contributed by atoms with van der Waals surface area (Å²) in [6.45, 7) is -0.250. The molecule has 0 atom stereocenters. The Morgan fingerprint density at radius 2 is 1.07 bits per heavy atom. The Morgan fingerprint density at radius 1 is 0.800 bits per heavy atom. The van der Waals surface area contributed by atoms with Crippen LogP contribution >= 0.6 is 0 Å². The standard InChI is InChI=1S/C6H10O4.C2H6O2.H2O/c7-5(8)3-1-2-4-6(9)10;3-1-2-4;/h1-4H2,(H,7,8)(H,9,10);3-4H,1-2H2;1H2. The number of aliphatic carboxylic acids is 2. The zero-order chi connectivity index (χ0) is 11.4. The number of rotatable bonds is 6. The maximum absolute atomic E-state index is 9.90. The van der Waals surface area contributed by atoms with Gasteiger partial charge in [0.2, 0.25) is 0 Å². The molecular weight excluding hydrogens is 208 g/mol. The first-order chi connectivity index (χ1) is 6.54. The molecule has 0 aliphatic heterocycles. The maximum Gasteiger partial charge on any atom is 0.303 e. The van der Waals surface area contributed by atoms with Gasteiger partial charge in [0.15, 0.2) is 0 Å². The van der Waals surface area contributed by atoms with Gasteiger partial charge in [-0.05, 0) is 12.8 Å². The molecule has 0 radical (unpaired) electrons. The summed E-state index contributed by atoms with van der Waals surface area (Å²) in [6, 6.07) is 0. The third-order valence-corrected chi connectivity index (χ3v) is 1.13. The van der Waals surface area contributed by atoms with Gasteiger partial charge in [-0.3, -0.25) is 9.59 Å². The molecule has 0 heterocycles. The summed E-state index contributed by atoms with van der Waals surface area (Å²) >= 11 is 0. The highest BCUT2D eigenvalue weighted by molar-refractivity contribution is 5.67. The third kappa shape index (κ3) is 32.3. The summed E-state index contributed by atoms with van der Waals surface area (Å²) < 4.78 is 0. The molecule has 0 aromatic carbocycles. The Balaban J connectivity index is -0.000000249. The van der Waals surface area contributed by atoms with Gasteiger partial charge in [-0.15, -0.1) is 0 Å². The Labute approximate surface area is 87.3 Å². The van der Waals surface area contributed by atoms with E-state index in [1.165, 1.54) is 0 Å². The molecule has 0 aliphatic rings. The third-order valence-electron chi connectivity index (χ3n) is 1.13. The van der Waals surface area contributed by atoms with Crippen LogP contribution in [0.2, 0.25) is 0 Å². The first-order valence-electron chi connectivity index (χ1n) is 4.20. The fourth-order valence-corrected chi connectivity index (χ4v) is 0.552. The largest absolute Gasteiger partial charge is 0.481 e. The van der Waals surface area contributed by atoms with Crippen molar-refractivity contribution < 1.29 is 35.5 Å². The summed E-state index contributed by atoms with van der Waals surface area (Å²) in [5.74, 6) is -1.74. The van der Waals surface area contributed by atoms with Crippen molar-refractivity contribution in [2.75, 3.05) is 13.2 Å². The number of carboxylic acid groups (broad SMARTS) is 2. The van der Waals surface area contributed by atoms with Crippen LogP contribution in [0.3, 0.4) is 0 Å². The van der Waals surface area contributed by atoms with Crippen molar-refractivity contribution in [3.8, 4) is 0 Å². The van der Waals surface area contributed by atoms with E-state index in [2.05, 4.69) is 0 Å². The predicted molar refractivity (Wildman–Crippen MR) is 51.5 cm³/mol. The van der Waals surface area contributed by atoms with Gasteiger partial charge in [-0.1, -0.05) is 0 Å². The van der Waals surface area contributed by atoms with Crippen molar-refractivity contribution in [3.63, 3.8) is 0 Å². The number of carboxylic acids is 2. The highest BCUT2D eigenvalue weighted by Crippen LogP contribution is 1.98. The average Bonchev–Trinajstić information content (AvgIpc) is 2.12. The number of aliphatic hydroxyl groups excluding tert-OH is 2. The Hall–Kier alpha value is -1.18. The van der Waals surface area contributed by atoms with E-state index in [0.29, 0.717) is 12.8 Å². The lowest BCUT2D eigenvalue weighted by molar-refractivity contribution is -0.139. The molecular formula is C8H18O7. The minimum Gasteiger partial charge on any atom is -0.481 e. The smallest absolute Gasteiger partial charge is 0.303 e. The lowest BCUT2D eigenvalue weighted by Gasteiger charge is -1.92. The van der Waals surface area contributed by atoms with E-state index in [1.807, 2.05) is 0 Å². The normalized spacial score (nSPS) is 8.13. The molecule has 0 saturated carbocycles. The van der Waals surface area contributed by atoms with E-state index < -0.39 is 11.9 Å². The molecule has 0 fully saturated rings. The SMILES string of the molecule is O.O=C(O)CCCCC(=O)O.OCCO. The topological polar surface area (TPSA) is 147 Å². The second-order valence-corrected chi connectivity index (χ2v) is 2.44. The monoisotopic (exact) mass is 226 g/mol. The number of carbonyl (C=O) groups is 2. The van der Waals surface area contributed by atoms with E-state index in [-0.39, 0.29) is 31.5 Å². The molecule has 6 N–H and O–H groups in total. The zero-order valence-corrected chi connectivity index (χ0v) is 8.35. The van der Waals surface area contributed by atoms with E-state index in [0.717, 1.165) is 0 Å². The quantitative estimate of drug-likeness (QED) is 0.421. The first-order valence-corrected chi connectivity index (χ1v) is 4.20. The molecule has 0 aromatic rings. The Morgan fingerprint density at radius 3 is 1.20 bits per heavy atom. The van der Waals surface area contributed by atoms with Gasteiger partial charge in [0.25, 0.3) is 0 Å². The van der Waals surface area contributed by atoms with E-state index in [1.54, 1.807) is 0 Å². The van der Waals surface area contributed by atoms with Crippen LogP contribution in [-0.2, 0) is 9.59 Å². The van der Waals surface area contributed by atoms with Crippen LogP contribution < -0.4 is 0 Å². The molecule has 15 heavy (non-hydrogen) atoms. The van der Waals surface area contributed by atoms with Crippen LogP contribution in [0.15, 0.2) is 0 Å². The number of aliphatic hydroxyl groups is 2. The number of hydrogen-bond donors (Lipinski definition) is 4. The van der Waals surface area contributed by atoms with Gasteiger partial charge < -0.3 is 25.9 Å². The van der Waals surface area contributed by atoms with Crippen LogP contribution in [0.4, 0.5) is 0 Å². The molecule has 0 unspecified atom stereocenters. The van der Waals surface area contributed by atoms with E-state index >= 15 is 0 Å². The van der Waals surface area contributed by atoms with E-state index in [4.69, 9.17) is 20.4 Å². The van der Waals surface area contributed by atoms with Crippen molar-refractivity contribution in [1.29, 1.82) is 0 Å². The van der Waals surface area contributed by atoms with Crippen molar-refractivity contribution in [2.45, 2.75) is 25.7 Å². The summed E-state index contributed by atoms with van der Waals surface area (Å²) in [5, 5.41) is 31.5. The first kappa shape index (κ1) is 19.4. The molecule has 0 saturated heterocycles. The van der Waals surface area contributed by atoms with Gasteiger partial charge in [-0.2, -0.15) is 0 Å². The molecule has 7 nitrogen and oxygen atoms in total. The molecule has 0 rings (SSSR count). The number of hydrogen-bond acceptors (Lipinski definition) is 4. The summed E-state index contributed by atoms with van der Waals surface area (Å²) in [6.07, 6.45) is 1.02. The second-order valence-electron chi connectivity index (χ2n) is 2.44. The maximum atomic E-state index is 9.90. The number of unbranched alkanes of at least 4 members (excludes halogenated alkanes) is 1. The fraction of sp³-hybridized carbons (Fsp3) is 0.750. The van der Waals surface area contributed by atoms with Crippen LogP contribution in [0.25, 0.3) is 0 Å². The molecule has 0 aliphatic carbocycles. The minimum atomic E-state index is -0.870. The van der Waals surface area contributed by atoms with Crippen molar-refractivity contribution in [3.05, 3.63) is 0 Å². The Bertz CT molecular complexity index is 139. The van der Waals surface area contributed by atoms with Crippen molar-refractivity contribution in [1.82, 2.24) is 0 Å². The van der Waals surface area contributed by atoms with Crippen LogP contribution in [-0.4, -0.2) is 51.1 Å². The summed E-state index contributed by atoms with van der Waals surface area (Å²) in [7, 11) is 0. The Kier molecular flexibility index (Phi) is 19.8. The van der Waals surface area contributed by atoms with Crippen LogP contribution in [0.5, 0.6) is 0 Å². The lowest BCUT2D eigenvalue weighted by atomic mass is 10.2. The van der Waals surface area contributed by atoms with Gasteiger partial charge in [-0.25, -0.2) is 0 Å². The van der Waals surface area contributed by atoms with Crippen LogP contribution in [0.1, 0.15) is 25.7 Å². The predicted octanol–water partition coefficient (Wildman–Crippen LogP) is -1.14. The molecule has 92 valence electrons. The highest BCUT2D eigenvalue weighted by Gasteiger charge is 1.99. The minimum absolute atomic E-state index is 0.